The number of para-hydroxylation sites is 1. The molecule has 35 heavy (non-hydrogen) atoms. The first-order valence-corrected chi connectivity index (χ1v) is 12.9. The Hall–Kier alpha value is -3.05. The summed E-state index contributed by atoms with van der Waals surface area (Å²) in [5.41, 5.74) is 6.88. The number of nitrogens with two attached hydrogens (primary N) is 1. The molecule has 0 aliphatic rings. The Bertz CT molecular complexity index is 1160. The Morgan fingerprint density at radius 2 is 1.91 bits per heavy atom. The fraction of sp³-hybridized carbons (Fsp3) is 0.455. The van der Waals surface area contributed by atoms with E-state index in [0.717, 1.165) is 0 Å². The molecule has 0 bridgehead atoms. The maximum Gasteiger partial charge on any atom is 0.342 e. The highest BCUT2D eigenvalue weighted by Crippen LogP contribution is 2.44. The average Bonchev–Trinajstić information content (AvgIpc) is 3.22. The van der Waals surface area contributed by atoms with Gasteiger partial charge in [-0.05, 0) is 32.9 Å². The van der Waals surface area contributed by atoms with Crippen LogP contribution in [0.4, 0.5) is 5.82 Å². The number of carbonyl (C=O) groups is 1. The van der Waals surface area contributed by atoms with Crippen molar-refractivity contribution in [3.8, 4) is 5.75 Å². The van der Waals surface area contributed by atoms with Crippen molar-refractivity contribution < 1.29 is 28.1 Å². The Morgan fingerprint density at radius 1 is 1.17 bits per heavy atom. The molecule has 3 rings (SSSR count). The minimum Gasteiger partial charge on any atom is -0.462 e. The zero-order valence-corrected chi connectivity index (χ0v) is 21.1. The molecule has 13 heteroatoms. The van der Waals surface area contributed by atoms with Crippen molar-refractivity contribution in [3.05, 3.63) is 43.0 Å². The summed E-state index contributed by atoms with van der Waals surface area (Å²) in [6, 6.07) is 7.75. The maximum absolute atomic E-state index is 13.8. The molecular formula is C22H31N6O6P. The fourth-order valence-corrected chi connectivity index (χ4v) is 4.96. The first-order valence-electron chi connectivity index (χ1n) is 11.0. The van der Waals surface area contributed by atoms with Crippen LogP contribution in [0.1, 0.15) is 20.8 Å². The van der Waals surface area contributed by atoms with Gasteiger partial charge < -0.3 is 29.0 Å². The summed E-state index contributed by atoms with van der Waals surface area (Å²) < 4.78 is 37.8. The molecule has 1 aromatic carbocycles. The third-order valence-electron chi connectivity index (χ3n) is 4.75. The van der Waals surface area contributed by atoms with E-state index < -0.39 is 25.6 Å². The van der Waals surface area contributed by atoms with Gasteiger partial charge in [0, 0.05) is 7.11 Å². The summed E-state index contributed by atoms with van der Waals surface area (Å²) >= 11 is 0. The number of nitrogens with one attached hydrogen (secondary N) is 1. The SMILES string of the molecule is COC[C@@H](Cn1cnc2c(N)ncnc21)OCP(=O)(N[C@@H](C)C(=O)OC(C)C)Oc1ccccc1. The molecule has 3 N–H and O–H groups in total. The summed E-state index contributed by atoms with van der Waals surface area (Å²) in [6.45, 7) is 5.51. The summed E-state index contributed by atoms with van der Waals surface area (Å²) in [5, 5.41) is 2.78. The molecule has 3 atom stereocenters. The highest BCUT2D eigenvalue weighted by atomic mass is 31.2. The van der Waals surface area contributed by atoms with Gasteiger partial charge in [0.25, 0.3) is 0 Å². The molecule has 190 valence electrons. The number of nitrogens with zero attached hydrogens (tertiary/aromatic N) is 4. The Morgan fingerprint density at radius 3 is 2.60 bits per heavy atom. The standard InChI is InChI=1S/C22H31N6O6P/c1-15(2)33-22(29)16(3)27-35(30,34-17-8-6-5-7-9-17)14-32-18(11-31-4)10-28-13-26-19-20(23)24-12-25-21(19)28/h5-9,12-13,15-16,18H,10-11,14H2,1-4H3,(H,27,30)(H2,23,24,25)/t16-,18+,35?/m0/s1. The zero-order chi connectivity index (χ0) is 25.4. The van der Waals surface area contributed by atoms with Crippen LogP contribution >= 0.6 is 7.52 Å². The minimum absolute atomic E-state index is 0.191. The number of hydrogen-bond donors (Lipinski definition) is 2. The number of anilines is 1. The van der Waals surface area contributed by atoms with Gasteiger partial charge >= 0.3 is 13.5 Å². The molecule has 0 fully saturated rings. The lowest BCUT2D eigenvalue weighted by atomic mass is 10.3. The number of aromatic nitrogens is 4. The molecule has 2 aromatic heterocycles. The molecule has 3 aromatic rings. The van der Waals surface area contributed by atoms with Gasteiger partial charge in [0.2, 0.25) is 0 Å². The predicted octanol–water partition coefficient (Wildman–Crippen LogP) is 2.60. The lowest BCUT2D eigenvalue weighted by Crippen LogP contribution is -2.37. The van der Waals surface area contributed by atoms with Crippen molar-refractivity contribution in [3.63, 3.8) is 0 Å². The van der Waals surface area contributed by atoms with Crippen LogP contribution < -0.4 is 15.3 Å². The lowest BCUT2D eigenvalue weighted by molar-refractivity contribution is -0.149. The van der Waals surface area contributed by atoms with Crippen molar-refractivity contribution >= 4 is 30.5 Å². The van der Waals surface area contributed by atoms with E-state index in [0.29, 0.717) is 16.9 Å². The van der Waals surface area contributed by atoms with Crippen LogP contribution in [0.15, 0.2) is 43.0 Å². The van der Waals surface area contributed by atoms with Gasteiger partial charge in [-0.25, -0.2) is 20.0 Å². The van der Waals surface area contributed by atoms with E-state index in [-0.39, 0.29) is 31.4 Å². The number of benzene rings is 1. The molecule has 2 heterocycles. The number of rotatable bonds is 13. The molecule has 0 aliphatic carbocycles. The minimum atomic E-state index is -3.72. The Balaban J connectivity index is 1.76. The quantitative estimate of drug-likeness (QED) is 0.260. The molecule has 0 saturated heterocycles. The van der Waals surface area contributed by atoms with Crippen molar-refractivity contribution in [1.82, 2.24) is 24.6 Å². The van der Waals surface area contributed by atoms with Crippen LogP contribution in [0.25, 0.3) is 11.2 Å². The largest absolute Gasteiger partial charge is 0.462 e. The van der Waals surface area contributed by atoms with Gasteiger partial charge in [-0.3, -0.25) is 9.36 Å². The van der Waals surface area contributed by atoms with E-state index in [1.54, 1.807) is 55.9 Å². The summed E-state index contributed by atoms with van der Waals surface area (Å²) in [5.74, 6) is 0.0881. The van der Waals surface area contributed by atoms with E-state index in [4.69, 9.17) is 24.5 Å². The monoisotopic (exact) mass is 506 g/mol. The highest BCUT2D eigenvalue weighted by Gasteiger charge is 2.32. The van der Waals surface area contributed by atoms with Crippen molar-refractivity contribution in [2.75, 3.05) is 25.8 Å². The topological polar surface area (TPSA) is 153 Å². The number of methoxy groups -OCH3 is 1. The second-order valence-electron chi connectivity index (χ2n) is 8.12. The smallest absolute Gasteiger partial charge is 0.342 e. The number of ether oxygens (including phenoxy) is 3. The molecule has 0 aliphatic heterocycles. The van der Waals surface area contributed by atoms with Gasteiger partial charge in [0.05, 0.1) is 31.7 Å². The number of carbonyl (C=O) groups excluding carboxylic acids is 1. The lowest BCUT2D eigenvalue weighted by Gasteiger charge is -2.26. The van der Waals surface area contributed by atoms with Crippen molar-refractivity contribution in [1.29, 1.82) is 0 Å². The van der Waals surface area contributed by atoms with Crippen LogP contribution in [0.2, 0.25) is 0 Å². The molecular weight excluding hydrogens is 475 g/mol. The van der Waals surface area contributed by atoms with Crippen LogP contribution in [0.3, 0.4) is 0 Å². The van der Waals surface area contributed by atoms with Gasteiger partial charge in [-0.15, -0.1) is 0 Å². The Labute approximate surface area is 203 Å². The number of nitrogen functional groups attached to an aromatic ring is 1. The molecule has 1 unspecified atom stereocenters. The first-order chi connectivity index (χ1) is 16.7. The van der Waals surface area contributed by atoms with Crippen LogP contribution in [0.5, 0.6) is 5.75 Å². The molecule has 12 nitrogen and oxygen atoms in total. The third-order valence-corrected chi connectivity index (χ3v) is 6.53. The third kappa shape index (κ3) is 7.46. The highest BCUT2D eigenvalue weighted by molar-refractivity contribution is 7.57. The number of fused-ring (bicyclic) bond motifs is 1. The second kappa shape index (κ2) is 12.1. The van der Waals surface area contributed by atoms with Gasteiger partial charge in [0.1, 0.15) is 30.0 Å². The molecule has 0 spiro atoms. The van der Waals surface area contributed by atoms with Gasteiger partial charge in [0.15, 0.2) is 11.5 Å². The summed E-state index contributed by atoms with van der Waals surface area (Å²) in [6.07, 6.45) is 1.74. The van der Waals surface area contributed by atoms with Gasteiger partial charge in [-0.1, -0.05) is 18.2 Å². The van der Waals surface area contributed by atoms with Crippen molar-refractivity contribution in [2.45, 2.75) is 45.6 Å². The average molecular weight is 507 g/mol. The number of esters is 1. The van der Waals surface area contributed by atoms with E-state index in [2.05, 4.69) is 20.0 Å². The van der Waals surface area contributed by atoms with Crippen LogP contribution in [0, 0.1) is 0 Å². The summed E-state index contributed by atoms with van der Waals surface area (Å²) in [4.78, 5) is 24.8. The van der Waals surface area contributed by atoms with E-state index in [1.165, 1.54) is 13.4 Å². The molecule has 0 amide bonds. The normalized spacial score (nSPS) is 15.0. The first kappa shape index (κ1) is 26.6. The van der Waals surface area contributed by atoms with E-state index >= 15 is 0 Å². The van der Waals surface area contributed by atoms with E-state index in [1.807, 2.05) is 6.07 Å². The molecule has 0 saturated carbocycles. The molecule has 0 radical (unpaired) electrons. The summed E-state index contributed by atoms with van der Waals surface area (Å²) in [7, 11) is -2.18. The predicted molar refractivity (Wildman–Crippen MR) is 130 cm³/mol. The number of hydrogen-bond acceptors (Lipinski definition) is 10. The number of imidazole rings is 1. The van der Waals surface area contributed by atoms with Crippen LogP contribution in [-0.4, -0.2) is 63.8 Å². The zero-order valence-electron chi connectivity index (χ0n) is 20.2. The maximum atomic E-state index is 13.8. The Kier molecular flexibility index (Phi) is 9.16. The van der Waals surface area contributed by atoms with Crippen LogP contribution in [-0.2, 0) is 30.1 Å². The van der Waals surface area contributed by atoms with E-state index in [9.17, 15) is 9.36 Å². The van der Waals surface area contributed by atoms with Gasteiger partial charge in [-0.2, -0.15) is 0 Å². The van der Waals surface area contributed by atoms with Crippen molar-refractivity contribution in [2.24, 2.45) is 0 Å². The fourth-order valence-electron chi connectivity index (χ4n) is 3.22. The second-order valence-corrected chi connectivity index (χ2v) is 10.2.